The fourth-order valence-corrected chi connectivity index (χ4v) is 3.52. The van der Waals surface area contributed by atoms with Gasteiger partial charge in [-0.15, -0.1) is 0 Å². The van der Waals surface area contributed by atoms with Crippen molar-refractivity contribution in [3.05, 3.63) is 48.0 Å². The number of nitrogens with zero attached hydrogens (tertiary/aromatic N) is 1. The quantitative estimate of drug-likeness (QED) is 0.705. The lowest BCUT2D eigenvalue weighted by atomic mass is 10.1. The number of carbonyl (C=O) groups excluding carboxylic acids is 2. The van der Waals surface area contributed by atoms with Crippen molar-refractivity contribution in [1.29, 1.82) is 0 Å². The van der Waals surface area contributed by atoms with Crippen molar-refractivity contribution in [3.63, 3.8) is 0 Å². The Morgan fingerprint density at radius 1 is 0.889 bits per heavy atom. The van der Waals surface area contributed by atoms with Gasteiger partial charge in [-0.25, -0.2) is 0 Å². The molecule has 2 amide bonds. The van der Waals surface area contributed by atoms with E-state index in [2.05, 4.69) is 15.5 Å². The monoisotopic (exact) mass is 367 g/mol. The summed E-state index contributed by atoms with van der Waals surface area (Å²) >= 11 is 0. The van der Waals surface area contributed by atoms with E-state index < -0.39 is 0 Å². The first-order valence-electron chi connectivity index (χ1n) is 9.98. The van der Waals surface area contributed by atoms with Gasteiger partial charge in [-0.1, -0.05) is 36.8 Å². The molecule has 0 aliphatic carbocycles. The number of hydrogen-bond acceptors (Lipinski definition) is 3. The minimum Gasteiger partial charge on any atom is -0.356 e. The lowest BCUT2D eigenvalue weighted by Crippen LogP contribution is -2.34. The van der Waals surface area contributed by atoms with E-state index in [9.17, 15) is 9.59 Å². The molecule has 0 spiro atoms. The molecule has 1 aliphatic heterocycles. The first-order valence-corrected chi connectivity index (χ1v) is 9.98. The van der Waals surface area contributed by atoms with Gasteiger partial charge in [0.05, 0.1) is 0 Å². The molecule has 0 aromatic heterocycles. The molecule has 0 bridgehead atoms. The normalized spacial score (nSPS) is 14.8. The van der Waals surface area contributed by atoms with Crippen LogP contribution in [0.15, 0.2) is 42.5 Å². The Morgan fingerprint density at radius 3 is 2.48 bits per heavy atom. The van der Waals surface area contributed by atoms with Gasteiger partial charge in [0, 0.05) is 25.1 Å². The van der Waals surface area contributed by atoms with Crippen molar-refractivity contribution in [1.82, 2.24) is 15.5 Å². The Morgan fingerprint density at radius 2 is 1.67 bits per heavy atom. The Labute approximate surface area is 161 Å². The topological polar surface area (TPSA) is 61.4 Å². The van der Waals surface area contributed by atoms with Gasteiger partial charge in [0.25, 0.3) is 5.91 Å². The minimum absolute atomic E-state index is 0.00699. The SMILES string of the molecule is O=C(CCNC(=O)c1ccc2ccccc2c1)NCCCN1CCCCC1. The molecule has 1 saturated heterocycles. The third kappa shape index (κ3) is 6.07. The molecule has 5 heteroatoms. The summed E-state index contributed by atoms with van der Waals surface area (Å²) in [6.45, 7) is 4.49. The number of fused-ring (bicyclic) bond motifs is 1. The zero-order chi connectivity index (χ0) is 18.9. The molecule has 27 heavy (non-hydrogen) atoms. The third-order valence-corrected chi connectivity index (χ3v) is 5.07. The number of benzene rings is 2. The Hall–Kier alpha value is -2.40. The average molecular weight is 367 g/mol. The highest BCUT2D eigenvalue weighted by atomic mass is 16.2. The molecule has 2 aromatic carbocycles. The second-order valence-corrected chi connectivity index (χ2v) is 7.17. The van der Waals surface area contributed by atoms with E-state index in [1.54, 1.807) is 0 Å². The summed E-state index contributed by atoms with van der Waals surface area (Å²) in [5.74, 6) is -0.147. The predicted octanol–water partition coefficient (Wildman–Crippen LogP) is 2.95. The van der Waals surface area contributed by atoms with Crippen molar-refractivity contribution in [2.45, 2.75) is 32.1 Å². The van der Waals surface area contributed by atoms with Crippen LogP contribution in [-0.4, -0.2) is 49.4 Å². The van der Waals surface area contributed by atoms with Crippen LogP contribution in [0.4, 0.5) is 0 Å². The third-order valence-electron chi connectivity index (χ3n) is 5.07. The fourth-order valence-electron chi connectivity index (χ4n) is 3.52. The van der Waals surface area contributed by atoms with Crippen LogP contribution in [0.25, 0.3) is 10.8 Å². The van der Waals surface area contributed by atoms with Gasteiger partial charge in [-0.3, -0.25) is 9.59 Å². The van der Waals surface area contributed by atoms with Crippen molar-refractivity contribution in [2.24, 2.45) is 0 Å². The van der Waals surface area contributed by atoms with Crippen LogP contribution in [0.1, 0.15) is 42.5 Å². The molecule has 0 saturated carbocycles. The summed E-state index contributed by atoms with van der Waals surface area (Å²) in [7, 11) is 0. The van der Waals surface area contributed by atoms with Crippen LogP contribution < -0.4 is 10.6 Å². The van der Waals surface area contributed by atoms with Gasteiger partial charge in [0.1, 0.15) is 0 Å². The van der Waals surface area contributed by atoms with Crippen molar-refractivity contribution < 1.29 is 9.59 Å². The van der Waals surface area contributed by atoms with Gasteiger partial charge >= 0.3 is 0 Å². The fraction of sp³-hybridized carbons (Fsp3) is 0.455. The number of rotatable bonds is 8. The summed E-state index contributed by atoms with van der Waals surface area (Å²) in [6.07, 6.45) is 5.23. The summed E-state index contributed by atoms with van der Waals surface area (Å²) in [4.78, 5) is 26.6. The number of nitrogens with one attached hydrogen (secondary N) is 2. The maximum Gasteiger partial charge on any atom is 0.251 e. The molecule has 1 fully saturated rings. The standard InChI is InChI=1S/C22H29N3O2/c26-21(23-12-6-16-25-14-4-1-5-15-25)11-13-24-22(27)20-10-9-18-7-2-3-8-19(18)17-20/h2-3,7-10,17H,1,4-6,11-16H2,(H,23,26)(H,24,27). The van der Waals surface area contributed by atoms with Crippen LogP contribution in [0.2, 0.25) is 0 Å². The summed E-state index contributed by atoms with van der Waals surface area (Å²) in [5.41, 5.74) is 0.621. The van der Waals surface area contributed by atoms with Crippen molar-refractivity contribution in [2.75, 3.05) is 32.7 Å². The van der Waals surface area contributed by atoms with E-state index in [1.165, 1.54) is 32.4 Å². The Balaban J connectivity index is 1.32. The van der Waals surface area contributed by atoms with E-state index in [1.807, 2.05) is 42.5 Å². The van der Waals surface area contributed by atoms with Crippen LogP contribution >= 0.6 is 0 Å². The molecule has 0 unspecified atom stereocenters. The Bertz CT molecular complexity index is 769. The molecule has 1 aliphatic rings. The van der Waals surface area contributed by atoms with E-state index in [0.717, 1.165) is 23.7 Å². The zero-order valence-electron chi connectivity index (χ0n) is 15.9. The maximum atomic E-state index is 12.3. The van der Waals surface area contributed by atoms with Crippen LogP contribution in [0.5, 0.6) is 0 Å². The second kappa shape index (κ2) is 10.1. The smallest absolute Gasteiger partial charge is 0.251 e. The summed E-state index contributed by atoms with van der Waals surface area (Å²) < 4.78 is 0. The molecule has 0 atom stereocenters. The van der Waals surface area contributed by atoms with Gasteiger partial charge in [-0.05, 0) is 61.8 Å². The highest BCUT2D eigenvalue weighted by Gasteiger charge is 2.10. The molecule has 144 valence electrons. The zero-order valence-corrected chi connectivity index (χ0v) is 15.9. The van der Waals surface area contributed by atoms with E-state index in [0.29, 0.717) is 25.1 Å². The minimum atomic E-state index is -0.140. The number of likely N-dealkylation sites (tertiary alicyclic amines) is 1. The van der Waals surface area contributed by atoms with Gasteiger partial charge in [-0.2, -0.15) is 0 Å². The molecular weight excluding hydrogens is 338 g/mol. The highest BCUT2D eigenvalue weighted by Crippen LogP contribution is 2.15. The number of hydrogen-bond donors (Lipinski definition) is 2. The van der Waals surface area contributed by atoms with E-state index in [-0.39, 0.29) is 11.8 Å². The first-order chi connectivity index (χ1) is 13.2. The lowest BCUT2D eigenvalue weighted by molar-refractivity contribution is -0.120. The number of carbonyl (C=O) groups is 2. The lowest BCUT2D eigenvalue weighted by Gasteiger charge is -2.26. The highest BCUT2D eigenvalue weighted by molar-refractivity contribution is 5.98. The molecular formula is C22H29N3O2. The predicted molar refractivity (Wildman–Crippen MR) is 109 cm³/mol. The van der Waals surface area contributed by atoms with Gasteiger partial charge in [0.2, 0.25) is 5.91 Å². The molecule has 3 rings (SSSR count). The summed E-state index contributed by atoms with van der Waals surface area (Å²) in [5, 5.41) is 7.92. The van der Waals surface area contributed by atoms with Crippen molar-refractivity contribution in [3.8, 4) is 0 Å². The van der Waals surface area contributed by atoms with Gasteiger partial charge < -0.3 is 15.5 Å². The second-order valence-electron chi connectivity index (χ2n) is 7.17. The van der Waals surface area contributed by atoms with Crippen LogP contribution in [0.3, 0.4) is 0 Å². The first kappa shape index (κ1) is 19.4. The average Bonchev–Trinajstić information content (AvgIpc) is 2.71. The molecule has 1 heterocycles. The molecule has 2 N–H and O–H groups in total. The van der Waals surface area contributed by atoms with Gasteiger partial charge in [0.15, 0.2) is 0 Å². The van der Waals surface area contributed by atoms with Crippen molar-refractivity contribution >= 4 is 22.6 Å². The Kier molecular flexibility index (Phi) is 7.22. The van der Waals surface area contributed by atoms with Crippen LogP contribution in [-0.2, 0) is 4.79 Å². The van der Waals surface area contributed by atoms with E-state index in [4.69, 9.17) is 0 Å². The molecule has 0 radical (unpaired) electrons. The molecule has 5 nitrogen and oxygen atoms in total. The number of amides is 2. The van der Waals surface area contributed by atoms with Crippen LogP contribution in [0, 0.1) is 0 Å². The van der Waals surface area contributed by atoms with E-state index >= 15 is 0 Å². The molecule has 2 aromatic rings. The summed E-state index contributed by atoms with van der Waals surface area (Å²) in [6, 6.07) is 13.6. The maximum absolute atomic E-state index is 12.3. The number of piperidine rings is 1. The largest absolute Gasteiger partial charge is 0.356 e.